The van der Waals surface area contributed by atoms with Gasteiger partial charge in [-0.25, -0.2) is 9.37 Å². The van der Waals surface area contributed by atoms with E-state index in [1.807, 2.05) is 18.0 Å². The van der Waals surface area contributed by atoms with E-state index in [0.29, 0.717) is 17.9 Å². The van der Waals surface area contributed by atoms with Gasteiger partial charge in [0, 0.05) is 19.7 Å². The molecule has 24 heavy (non-hydrogen) atoms. The minimum absolute atomic E-state index is 0.251. The lowest BCUT2D eigenvalue weighted by Gasteiger charge is -2.24. The summed E-state index contributed by atoms with van der Waals surface area (Å²) in [5, 5.41) is 14.6. The van der Waals surface area contributed by atoms with E-state index < -0.39 is 6.10 Å². The summed E-state index contributed by atoms with van der Waals surface area (Å²) in [4.78, 5) is 10.5. The van der Waals surface area contributed by atoms with Crippen molar-refractivity contribution in [3.63, 3.8) is 0 Å². The number of aliphatic hydroxyl groups is 1. The molecule has 0 aliphatic rings. The molecule has 0 amide bonds. The first kappa shape index (κ1) is 16.3. The van der Waals surface area contributed by atoms with Gasteiger partial charge in [0.05, 0.1) is 11.8 Å². The molecule has 0 aliphatic heterocycles. The number of anilines is 1. The molecule has 0 bridgehead atoms. The predicted molar refractivity (Wildman–Crippen MR) is 89.5 cm³/mol. The largest absolute Gasteiger partial charge is 0.387 e. The first-order valence-electron chi connectivity index (χ1n) is 7.81. The highest BCUT2D eigenvalue weighted by atomic mass is 19.1. The highest BCUT2D eigenvalue weighted by molar-refractivity contribution is 5.47. The molecule has 3 rings (SSSR count). The Morgan fingerprint density at radius 3 is 2.62 bits per heavy atom. The Morgan fingerprint density at radius 1 is 1.25 bits per heavy atom. The molecule has 1 aromatic carbocycles. The second-order valence-corrected chi connectivity index (χ2v) is 6.11. The Labute approximate surface area is 139 Å². The van der Waals surface area contributed by atoms with Gasteiger partial charge in [-0.2, -0.15) is 14.6 Å². The molecule has 0 radical (unpaired) electrons. The first-order valence-corrected chi connectivity index (χ1v) is 7.81. The summed E-state index contributed by atoms with van der Waals surface area (Å²) in [5.74, 6) is 1.25. The lowest BCUT2D eigenvalue weighted by atomic mass is 10.1. The Hall–Kier alpha value is -2.54. The van der Waals surface area contributed by atoms with Crippen LogP contribution in [0.4, 0.5) is 10.2 Å². The number of benzene rings is 1. The number of nitrogens with zero attached hydrogens (tertiary/aromatic N) is 5. The van der Waals surface area contributed by atoms with Crippen molar-refractivity contribution in [2.75, 3.05) is 18.5 Å². The summed E-state index contributed by atoms with van der Waals surface area (Å²) in [6.07, 6.45) is 0.713. The Balaban J connectivity index is 1.89. The van der Waals surface area contributed by atoms with Gasteiger partial charge in [-0.05, 0) is 23.6 Å². The highest BCUT2D eigenvalue weighted by Crippen LogP contribution is 2.22. The molecule has 126 valence electrons. The molecular weight excluding hydrogens is 309 g/mol. The van der Waals surface area contributed by atoms with Crippen molar-refractivity contribution in [2.45, 2.75) is 25.9 Å². The van der Waals surface area contributed by atoms with Crippen molar-refractivity contribution >= 4 is 11.6 Å². The van der Waals surface area contributed by atoms with Gasteiger partial charge in [0.2, 0.25) is 0 Å². The van der Waals surface area contributed by atoms with Gasteiger partial charge in [0.25, 0.3) is 5.78 Å². The van der Waals surface area contributed by atoms with Crippen molar-refractivity contribution in [1.82, 2.24) is 19.6 Å². The molecule has 2 aromatic heterocycles. The Kier molecular flexibility index (Phi) is 4.44. The zero-order chi connectivity index (χ0) is 17.3. The van der Waals surface area contributed by atoms with Crippen LogP contribution in [0.25, 0.3) is 5.78 Å². The van der Waals surface area contributed by atoms with Crippen molar-refractivity contribution < 1.29 is 9.50 Å². The van der Waals surface area contributed by atoms with Crippen LogP contribution in [0, 0.1) is 5.82 Å². The maximum atomic E-state index is 13.0. The van der Waals surface area contributed by atoms with E-state index in [-0.39, 0.29) is 11.7 Å². The van der Waals surface area contributed by atoms with Crippen LogP contribution in [0.15, 0.2) is 36.7 Å². The molecule has 3 aromatic rings. The summed E-state index contributed by atoms with van der Waals surface area (Å²) < 4.78 is 14.7. The lowest BCUT2D eigenvalue weighted by molar-refractivity contribution is 0.184. The minimum atomic E-state index is -0.746. The molecule has 1 atom stereocenters. The van der Waals surface area contributed by atoms with Crippen molar-refractivity contribution in [2.24, 2.45) is 0 Å². The fourth-order valence-corrected chi connectivity index (χ4v) is 2.53. The fourth-order valence-electron chi connectivity index (χ4n) is 2.53. The second kappa shape index (κ2) is 6.52. The van der Waals surface area contributed by atoms with Gasteiger partial charge in [0.1, 0.15) is 18.0 Å². The third-order valence-corrected chi connectivity index (χ3v) is 3.94. The van der Waals surface area contributed by atoms with Gasteiger partial charge in [0.15, 0.2) is 0 Å². The van der Waals surface area contributed by atoms with Crippen molar-refractivity contribution in [3.05, 3.63) is 53.7 Å². The molecule has 0 saturated carbocycles. The first-order chi connectivity index (χ1) is 11.5. The topological polar surface area (TPSA) is 66.5 Å². The number of hydrogen-bond acceptors (Lipinski definition) is 5. The number of fused-ring (bicyclic) bond motifs is 1. The molecule has 2 heterocycles. The van der Waals surface area contributed by atoms with Crippen LogP contribution in [-0.2, 0) is 0 Å². The van der Waals surface area contributed by atoms with E-state index in [1.165, 1.54) is 18.5 Å². The Morgan fingerprint density at radius 2 is 1.96 bits per heavy atom. The number of hydrogen-bond donors (Lipinski definition) is 1. The van der Waals surface area contributed by atoms with E-state index in [2.05, 4.69) is 28.9 Å². The molecular formula is C17H20FN5O. The number of aromatic nitrogens is 4. The van der Waals surface area contributed by atoms with Crippen LogP contribution in [0.5, 0.6) is 0 Å². The van der Waals surface area contributed by atoms with Gasteiger partial charge in [-0.1, -0.05) is 26.0 Å². The molecule has 0 unspecified atom stereocenters. The normalized spacial score (nSPS) is 12.8. The number of likely N-dealkylation sites (N-methyl/N-ethyl adjacent to an activating group) is 1. The standard InChI is InChI=1S/C17H20FN5O/c1-11(2)14-8-16(23-17(21-14)19-10-20-23)22(3)9-15(24)12-4-6-13(18)7-5-12/h4-8,10-11,15,24H,9H2,1-3H3/t15-/m1/s1. The SMILES string of the molecule is CC(C)c1cc(N(C)C[C@@H](O)c2ccc(F)cc2)n2ncnc2n1. The van der Waals surface area contributed by atoms with Gasteiger partial charge >= 0.3 is 0 Å². The highest BCUT2D eigenvalue weighted by Gasteiger charge is 2.17. The van der Waals surface area contributed by atoms with Crippen molar-refractivity contribution in [1.29, 1.82) is 0 Å². The summed E-state index contributed by atoms with van der Waals surface area (Å²) >= 11 is 0. The molecule has 0 aliphatic carbocycles. The van der Waals surface area contributed by atoms with Crippen LogP contribution in [0.1, 0.15) is 37.1 Å². The lowest BCUT2D eigenvalue weighted by Crippen LogP contribution is -2.26. The minimum Gasteiger partial charge on any atom is -0.387 e. The molecule has 6 nitrogen and oxygen atoms in total. The zero-order valence-corrected chi connectivity index (χ0v) is 13.9. The van der Waals surface area contributed by atoms with Gasteiger partial charge < -0.3 is 10.0 Å². The van der Waals surface area contributed by atoms with Gasteiger partial charge in [-0.3, -0.25) is 0 Å². The van der Waals surface area contributed by atoms with Crippen LogP contribution < -0.4 is 4.90 Å². The zero-order valence-electron chi connectivity index (χ0n) is 13.9. The molecule has 1 N–H and O–H groups in total. The maximum absolute atomic E-state index is 13.0. The smallest absolute Gasteiger partial charge is 0.254 e. The summed E-state index contributed by atoms with van der Waals surface area (Å²) in [6.45, 7) is 4.46. The van der Waals surface area contributed by atoms with Crippen LogP contribution in [-0.4, -0.2) is 38.3 Å². The Bertz CT molecular complexity index is 831. The maximum Gasteiger partial charge on any atom is 0.254 e. The fraction of sp³-hybridized carbons (Fsp3) is 0.353. The summed E-state index contributed by atoms with van der Waals surface area (Å²) in [5.41, 5.74) is 1.57. The molecule has 7 heteroatoms. The van der Waals surface area contributed by atoms with Crippen molar-refractivity contribution in [3.8, 4) is 0 Å². The number of halogens is 1. The van der Waals surface area contributed by atoms with E-state index in [0.717, 1.165) is 11.5 Å². The van der Waals surface area contributed by atoms with E-state index in [9.17, 15) is 9.50 Å². The summed E-state index contributed by atoms with van der Waals surface area (Å²) in [7, 11) is 1.87. The van der Waals surface area contributed by atoms with Crippen LogP contribution >= 0.6 is 0 Å². The molecule has 0 fully saturated rings. The number of rotatable bonds is 5. The summed E-state index contributed by atoms with van der Waals surface area (Å²) in [6, 6.07) is 7.81. The van der Waals surface area contributed by atoms with E-state index in [4.69, 9.17) is 0 Å². The second-order valence-electron chi connectivity index (χ2n) is 6.11. The average molecular weight is 329 g/mol. The third-order valence-electron chi connectivity index (χ3n) is 3.94. The van der Waals surface area contributed by atoms with E-state index >= 15 is 0 Å². The third kappa shape index (κ3) is 3.21. The quantitative estimate of drug-likeness (QED) is 0.779. The predicted octanol–water partition coefficient (Wildman–Crippen LogP) is 2.56. The van der Waals surface area contributed by atoms with Crippen LogP contribution in [0.3, 0.4) is 0 Å². The average Bonchev–Trinajstić information content (AvgIpc) is 3.02. The van der Waals surface area contributed by atoms with Crippen LogP contribution in [0.2, 0.25) is 0 Å². The molecule has 0 spiro atoms. The van der Waals surface area contributed by atoms with Gasteiger partial charge in [-0.15, -0.1) is 0 Å². The number of aliphatic hydroxyl groups excluding tert-OH is 1. The molecule has 0 saturated heterocycles. The van der Waals surface area contributed by atoms with E-state index in [1.54, 1.807) is 16.6 Å². The monoisotopic (exact) mass is 329 g/mol.